The third-order valence-corrected chi connectivity index (χ3v) is 3.11. The van der Waals surface area contributed by atoms with Crippen molar-refractivity contribution in [2.75, 3.05) is 0 Å². The van der Waals surface area contributed by atoms with Crippen LogP contribution in [0.1, 0.15) is 23.6 Å². The molecule has 25 heavy (non-hydrogen) atoms. The number of nitrogens with zero attached hydrogens (tertiary/aromatic N) is 2. The Morgan fingerprint density at radius 3 is 1.92 bits per heavy atom. The van der Waals surface area contributed by atoms with Gasteiger partial charge < -0.3 is 4.74 Å². The Hall–Kier alpha value is -2.77. The molecule has 2 aromatic carbocycles. The van der Waals surface area contributed by atoms with Gasteiger partial charge in [-0.1, -0.05) is 31.2 Å². The molecule has 0 radical (unpaired) electrons. The van der Waals surface area contributed by atoms with E-state index in [-0.39, 0.29) is 5.56 Å². The molecule has 0 fully saturated rings. The molecule has 132 valence electrons. The summed E-state index contributed by atoms with van der Waals surface area (Å²) in [6.07, 6.45) is -1.83. The molecule has 0 amide bonds. The van der Waals surface area contributed by atoms with Gasteiger partial charge in [-0.15, -0.1) is 13.2 Å². The molecule has 2 rings (SSSR count). The highest BCUT2D eigenvalue weighted by Gasteiger charge is 2.34. The molecule has 0 aliphatic carbocycles. The summed E-state index contributed by atoms with van der Waals surface area (Å²) in [5.74, 6) is -4.49. The lowest BCUT2D eigenvalue weighted by Crippen LogP contribution is -2.19. The van der Waals surface area contributed by atoms with Crippen LogP contribution in [-0.4, -0.2) is 18.8 Å². The van der Waals surface area contributed by atoms with E-state index in [2.05, 4.69) is 14.9 Å². The summed E-state index contributed by atoms with van der Waals surface area (Å²) >= 11 is 0. The number of halogens is 5. The zero-order valence-corrected chi connectivity index (χ0v) is 13.0. The summed E-state index contributed by atoms with van der Waals surface area (Å²) in [5, 5.41) is 7.34. The van der Waals surface area contributed by atoms with E-state index in [0.717, 1.165) is 23.8 Å². The minimum absolute atomic E-state index is 0.0944. The van der Waals surface area contributed by atoms with Crippen molar-refractivity contribution in [2.24, 2.45) is 10.2 Å². The lowest BCUT2D eigenvalue weighted by Gasteiger charge is -2.10. The number of alkyl halides is 3. The smallest absolute Gasteiger partial charge is 0.399 e. The lowest BCUT2D eigenvalue weighted by molar-refractivity contribution is -0.276. The van der Waals surface area contributed by atoms with Crippen molar-refractivity contribution in [3.63, 3.8) is 0 Å². The number of benzene rings is 2. The fourth-order valence-corrected chi connectivity index (χ4v) is 1.91. The van der Waals surface area contributed by atoms with Gasteiger partial charge in [-0.25, -0.2) is 8.78 Å². The quantitative estimate of drug-likeness (QED) is 0.427. The first-order valence-electron chi connectivity index (χ1n) is 7.18. The Bertz CT molecular complexity index is 760. The average Bonchev–Trinajstić information content (AvgIpc) is 2.55. The van der Waals surface area contributed by atoms with Crippen LogP contribution < -0.4 is 4.74 Å². The highest BCUT2D eigenvalue weighted by molar-refractivity contribution is 5.82. The fraction of sp³-hybridized carbons (Fsp3) is 0.176. The van der Waals surface area contributed by atoms with Crippen molar-refractivity contribution in [3.8, 4) is 5.75 Å². The van der Waals surface area contributed by atoms with E-state index >= 15 is 0 Å². The number of aryl methyl sites for hydroxylation is 1. The second kappa shape index (κ2) is 7.87. The minimum atomic E-state index is -5.19. The second-order valence-electron chi connectivity index (χ2n) is 4.95. The first kappa shape index (κ1) is 18.6. The molecule has 8 heteroatoms. The average molecular weight is 356 g/mol. The van der Waals surface area contributed by atoms with Gasteiger partial charge in [-0.05, 0) is 29.7 Å². The SMILES string of the molecule is CCc1ccc(/C=N/N=C\c2cc(F)c(OC(F)(F)F)c(F)c2)cc1. The summed E-state index contributed by atoms with van der Waals surface area (Å²) in [7, 11) is 0. The molecule has 0 heterocycles. The lowest BCUT2D eigenvalue weighted by atomic mass is 10.1. The van der Waals surface area contributed by atoms with Crippen LogP contribution in [0.25, 0.3) is 0 Å². The van der Waals surface area contributed by atoms with Crippen LogP contribution in [0.5, 0.6) is 5.75 Å². The van der Waals surface area contributed by atoms with E-state index in [9.17, 15) is 22.0 Å². The minimum Gasteiger partial charge on any atom is -0.399 e. The molecular weight excluding hydrogens is 343 g/mol. The zero-order chi connectivity index (χ0) is 18.4. The van der Waals surface area contributed by atoms with Crippen LogP contribution >= 0.6 is 0 Å². The molecule has 0 N–H and O–H groups in total. The van der Waals surface area contributed by atoms with Crippen LogP contribution in [0.15, 0.2) is 46.6 Å². The van der Waals surface area contributed by atoms with Gasteiger partial charge in [-0.3, -0.25) is 0 Å². The summed E-state index contributed by atoms with van der Waals surface area (Å²) in [4.78, 5) is 0. The van der Waals surface area contributed by atoms with Crippen molar-refractivity contribution in [1.29, 1.82) is 0 Å². The summed E-state index contributed by atoms with van der Waals surface area (Å²) in [6.45, 7) is 2.02. The monoisotopic (exact) mass is 356 g/mol. The fourth-order valence-electron chi connectivity index (χ4n) is 1.91. The maximum Gasteiger partial charge on any atom is 0.573 e. The number of rotatable bonds is 5. The molecule has 0 saturated heterocycles. The van der Waals surface area contributed by atoms with Crippen molar-refractivity contribution in [2.45, 2.75) is 19.7 Å². The molecule has 0 aromatic heterocycles. The largest absolute Gasteiger partial charge is 0.573 e. The van der Waals surface area contributed by atoms with Crippen LogP contribution in [0.3, 0.4) is 0 Å². The molecular formula is C17H13F5N2O. The standard InChI is InChI=1S/C17H13F5N2O/c1-2-11-3-5-12(6-4-11)9-23-24-10-13-7-14(18)16(15(19)8-13)25-17(20,21)22/h3-10H,2H2,1H3/b23-9+,24-10-. The van der Waals surface area contributed by atoms with Crippen molar-refractivity contribution in [1.82, 2.24) is 0 Å². The number of hydrogen-bond donors (Lipinski definition) is 0. The van der Waals surface area contributed by atoms with Gasteiger partial charge in [0.1, 0.15) is 0 Å². The molecule has 0 spiro atoms. The van der Waals surface area contributed by atoms with Crippen LogP contribution in [0.4, 0.5) is 22.0 Å². The maximum atomic E-state index is 13.5. The summed E-state index contributed by atoms with van der Waals surface area (Å²) in [5.41, 5.74) is 1.84. The van der Waals surface area contributed by atoms with E-state index < -0.39 is 23.7 Å². The van der Waals surface area contributed by atoms with Crippen molar-refractivity contribution in [3.05, 3.63) is 64.7 Å². The maximum absolute atomic E-state index is 13.5. The number of ether oxygens (including phenoxy) is 1. The van der Waals surface area contributed by atoms with Gasteiger partial charge in [0.05, 0.1) is 12.4 Å². The van der Waals surface area contributed by atoms with Crippen molar-refractivity contribution >= 4 is 12.4 Å². The second-order valence-corrected chi connectivity index (χ2v) is 4.95. The Labute approximate surface area is 140 Å². The summed E-state index contributed by atoms with van der Waals surface area (Å²) in [6, 6.07) is 8.85. The van der Waals surface area contributed by atoms with Gasteiger partial charge in [0.2, 0.25) is 5.75 Å². The highest BCUT2D eigenvalue weighted by atomic mass is 19.4. The Morgan fingerprint density at radius 1 is 0.920 bits per heavy atom. The van der Waals surface area contributed by atoms with E-state index in [1.54, 1.807) is 0 Å². The van der Waals surface area contributed by atoms with E-state index in [1.165, 1.54) is 6.21 Å². The molecule has 0 unspecified atom stereocenters. The zero-order valence-electron chi connectivity index (χ0n) is 13.0. The van der Waals surface area contributed by atoms with Gasteiger partial charge in [0, 0.05) is 5.56 Å². The number of hydrogen-bond acceptors (Lipinski definition) is 3. The topological polar surface area (TPSA) is 34.0 Å². The Kier molecular flexibility index (Phi) is 5.84. The van der Waals surface area contributed by atoms with Gasteiger partial charge in [0.15, 0.2) is 11.6 Å². The normalized spacial score (nSPS) is 12.2. The van der Waals surface area contributed by atoms with Gasteiger partial charge in [0.25, 0.3) is 0 Å². The molecule has 0 aliphatic rings. The third-order valence-electron chi connectivity index (χ3n) is 3.11. The summed E-state index contributed by atoms with van der Waals surface area (Å²) < 4.78 is 66.5. The first-order chi connectivity index (χ1) is 11.8. The Balaban J connectivity index is 2.09. The van der Waals surface area contributed by atoms with Crippen molar-refractivity contribution < 1.29 is 26.7 Å². The highest BCUT2D eigenvalue weighted by Crippen LogP contribution is 2.28. The van der Waals surface area contributed by atoms with Crippen LogP contribution in [-0.2, 0) is 6.42 Å². The van der Waals surface area contributed by atoms with E-state index in [4.69, 9.17) is 0 Å². The van der Waals surface area contributed by atoms with E-state index in [1.807, 2.05) is 31.2 Å². The molecule has 0 aliphatic heterocycles. The van der Waals surface area contributed by atoms with Crippen LogP contribution in [0, 0.1) is 11.6 Å². The van der Waals surface area contributed by atoms with E-state index in [0.29, 0.717) is 12.1 Å². The molecule has 0 saturated carbocycles. The first-order valence-corrected chi connectivity index (χ1v) is 7.18. The van der Waals surface area contributed by atoms with Gasteiger partial charge >= 0.3 is 6.36 Å². The Morgan fingerprint density at radius 2 is 1.44 bits per heavy atom. The predicted molar refractivity (Wildman–Crippen MR) is 84.0 cm³/mol. The molecule has 0 bridgehead atoms. The predicted octanol–water partition coefficient (Wildman–Crippen LogP) is 4.88. The van der Waals surface area contributed by atoms with Crippen LogP contribution in [0.2, 0.25) is 0 Å². The third kappa shape index (κ3) is 5.66. The van der Waals surface area contributed by atoms with Gasteiger partial charge in [-0.2, -0.15) is 10.2 Å². The molecule has 3 nitrogen and oxygen atoms in total. The molecule has 2 aromatic rings. The molecule has 0 atom stereocenters.